The number of rotatable bonds is 10. The van der Waals surface area contributed by atoms with Gasteiger partial charge in [-0.1, -0.05) is 0 Å². The van der Waals surface area contributed by atoms with Crippen LogP contribution in [0.3, 0.4) is 0 Å². The normalized spacial score (nSPS) is 11.6. The van der Waals surface area contributed by atoms with Crippen LogP contribution in [0.1, 0.15) is 20.8 Å². The van der Waals surface area contributed by atoms with Gasteiger partial charge in [-0.2, -0.15) is 0 Å². The average molecular weight is 279 g/mol. The van der Waals surface area contributed by atoms with E-state index < -0.39 is 5.60 Å². The number of carbonyl (C=O) groups is 1. The summed E-state index contributed by atoms with van der Waals surface area (Å²) in [5.74, 6) is 0.958. The van der Waals surface area contributed by atoms with Crippen LogP contribution in [0.15, 0.2) is 0 Å². The third kappa shape index (κ3) is 13.8. The lowest BCUT2D eigenvalue weighted by Gasteiger charge is -2.19. The molecule has 0 aliphatic heterocycles. The molecule has 0 spiro atoms. The van der Waals surface area contributed by atoms with Crippen molar-refractivity contribution in [3.05, 3.63) is 0 Å². The second-order valence-electron chi connectivity index (χ2n) is 4.65. The van der Waals surface area contributed by atoms with E-state index in [1.54, 1.807) is 0 Å². The monoisotopic (exact) mass is 279 g/mol. The van der Waals surface area contributed by atoms with Crippen LogP contribution in [0, 0.1) is 0 Å². The minimum Gasteiger partial charge on any atom is -0.459 e. The lowest BCUT2D eigenvalue weighted by molar-refractivity contribution is -0.151. The fraction of sp³-hybridized carbons (Fsp3) is 0.917. The fourth-order valence-electron chi connectivity index (χ4n) is 1.05. The van der Waals surface area contributed by atoms with Crippen LogP contribution in [0.5, 0.6) is 0 Å². The molecule has 0 aromatic heterocycles. The lowest BCUT2D eigenvalue weighted by Crippen LogP contribution is -2.25. The summed E-state index contributed by atoms with van der Waals surface area (Å²) in [5.41, 5.74) is 4.86. The number of nitrogens with two attached hydrogens (primary N) is 1. The summed E-state index contributed by atoms with van der Waals surface area (Å²) in [6.45, 7) is 8.42. The van der Waals surface area contributed by atoms with Crippen LogP contribution in [-0.4, -0.2) is 56.0 Å². The topological polar surface area (TPSA) is 70.8 Å². The van der Waals surface area contributed by atoms with Gasteiger partial charge in [-0.05, 0) is 20.8 Å². The van der Waals surface area contributed by atoms with Gasteiger partial charge in [0.1, 0.15) is 5.60 Å². The quantitative estimate of drug-likeness (QED) is 0.476. The maximum absolute atomic E-state index is 11.4. The molecule has 0 rings (SSSR count). The molecule has 0 bridgehead atoms. The Bertz CT molecular complexity index is 219. The molecule has 0 aliphatic carbocycles. The van der Waals surface area contributed by atoms with Crippen LogP contribution in [-0.2, 0) is 19.0 Å². The zero-order valence-corrected chi connectivity index (χ0v) is 12.4. The van der Waals surface area contributed by atoms with Crippen molar-refractivity contribution in [3.63, 3.8) is 0 Å². The maximum Gasteiger partial charge on any atom is 0.316 e. The van der Waals surface area contributed by atoms with E-state index in [1.807, 2.05) is 20.8 Å². The number of ether oxygens (including phenoxy) is 3. The molecule has 0 aromatic carbocycles. The highest BCUT2D eigenvalue weighted by atomic mass is 32.2. The second kappa shape index (κ2) is 10.6. The molecular weight excluding hydrogens is 254 g/mol. The molecule has 0 saturated carbocycles. The molecule has 0 fully saturated rings. The van der Waals surface area contributed by atoms with Gasteiger partial charge in [0.15, 0.2) is 0 Å². The van der Waals surface area contributed by atoms with E-state index in [1.165, 1.54) is 11.8 Å². The Morgan fingerprint density at radius 1 is 1.11 bits per heavy atom. The Balaban J connectivity index is 3.23. The highest BCUT2D eigenvalue weighted by Crippen LogP contribution is 2.09. The molecule has 5 nitrogen and oxygen atoms in total. The summed E-state index contributed by atoms with van der Waals surface area (Å²) in [4.78, 5) is 11.4. The van der Waals surface area contributed by atoms with E-state index in [9.17, 15) is 4.79 Å². The summed E-state index contributed by atoms with van der Waals surface area (Å²) in [7, 11) is 0. The molecule has 0 amide bonds. The Kier molecular flexibility index (Phi) is 10.4. The van der Waals surface area contributed by atoms with E-state index in [2.05, 4.69) is 0 Å². The summed E-state index contributed by atoms with van der Waals surface area (Å²) >= 11 is 1.51. The zero-order valence-electron chi connectivity index (χ0n) is 11.6. The number of hydrogen-bond donors (Lipinski definition) is 1. The lowest BCUT2D eigenvalue weighted by atomic mass is 10.2. The Morgan fingerprint density at radius 3 is 2.28 bits per heavy atom. The van der Waals surface area contributed by atoms with Crippen molar-refractivity contribution >= 4 is 17.7 Å². The number of thioether (sulfide) groups is 1. The van der Waals surface area contributed by atoms with Crippen molar-refractivity contribution in [2.75, 3.05) is 44.5 Å². The summed E-state index contributed by atoms with van der Waals surface area (Å²) < 4.78 is 15.7. The first-order chi connectivity index (χ1) is 8.45. The first kappa shape index (κ1) is 17.7. The van der Waals surface area contributed by atoms with Gasteiger partial charge in [0.05, 0.1) is 32.2 Å². The van der Waals surface area contributed by atoms with Crippen molar-refractivity contribution in [1.29, 1.82) is 0 Å². The van der Waals surface area contributed by atoms with Gasteiger partial charge in [-0.15, -0.1) is 11.8 Å². The highest BCUT2D eigenvalue weighted by molar-refractivity contribution is 7.99. The molecular formula is C12H25NO4S. The number of hydrogen-bond acceptors (Lipinski definition) is 6. The molecule has 2 N–H and O–H groups in total. The largest absolute Gasteiger partial charge is 0.459 e. The van der Waals surface area contributed by atoms with E-state index in [0.29, 0.717) is 38.7 Å². The molecule has 0 aliphatic rings. The van der Waals surface area contributed by atoms with Gasteiger partial charge in [0, 0.05) is 12.3 Å². The van der Waals surface area contributed by atoms with E-state index in [4.69, 9.17) is 19.9 Å². The van der Waals surface area contributed by atoms with E-state index in [-0.39, 0.29) is 5.97 Å². The first-order valence-corrected chi connectivity index (χ1v) is 7.26. The van der Waals surface area contributed by atoms with Gasteiger partial charge in [-0.3, -0.25) is 4.79 Å². The smallest absolute Gasteiger partial charge is 0.316 e. The standard InChI is InChI=1S/C12H25NO4S/c1-12(2,3)17-11(14)10-18-9-8-16-7-6-15-5-4-13/h4-10,13H2,1-3H3. The van der Waals surface area contributed by atoms with E-state index >= 15 is 0 Å². The SMILES string of the molecule is CC(C)(C)OC(=O)CSCCOCCOCCN. The zero-order chi connectivity index (χ0) is 13.9. The van der Waals surface area contributed by atoms with Crippen LogP contribution in [0.25, 0.3) is 0 Å². The molecule has 108 valence electrons. The minimum atomic E-state index is -0.408. The third-order valence-corrected chi connectivity index (χ3v) is 2.54. The van der Waals surface area contributed by atoms with Gasteiger partial charge in [0.25, 0.3) is 0 Å². The van der Waals surface area contributed by atoms with Gasteiger partial charge in [-0.25, -0.2) is 0 Å². The maximum atomic E-state index is 11.4. The first-order valence-electron chi connectivity index (χ1n) is 6.11. The van der Waals surface area contributed by atoms with E-state index in [0.717, 1.165) is 5.75 Å². The molecule has 0 atom stereocenters. The number of carbonyl (C=O) groups excluding carboxylic acids is 1. The van der Waals surface area contributed by atoms with Crippen molar-refractivity contribution in [2.45, 2.75) is 26.4 Å². The summed E-state index contributed by atoms with van der Waals surface area (Å²) in [6, 6.07) is 0. The molecule has 0 unspecified atom stereocenters. The van der Waals surface area contributed by atoms with Crippen molar-refractivity contribution in [1.82, 2.24) is 0 Å². The van der Waals surface area contributed by atoms with Crippen LogP contribution in [0.4, 0.5) is 0 Å². The van der Waals surface area contributed by atoms with Crippen LogP contribution < -0.4 is 5.73 Å². The number of esters is 1. The molecule has 0 heterocycles. The molecule has 0 radical (unpaired) electrons. The minimum absolute atomic E-state index is 0.182. The predicted octanol–water partition coefficient (Wildman–Crippen LogP) is 1.05. The average Bonchev–Trinajstić information content (AvgIpc) is 2.24. The molecule has 0 aromatic rings. The third-order valence-electron chi connectivity index (χ3n) is 1.65. The van der Waals surface area contributed by atoms with Crippen molar-refractivity contribution in [3.8, 4) is 0 Å². The predicted molar refractivity (Wildman–Crippen MR) is 73.9 cm³/mol. The Hall–Kier alpha value is -0.300. The van der Waals surface area contributed by atoms with Gasteiger partial charge >= 0.3 is 5.97 Å². The summed E-state index contributed by atoms with van der Waals surface area (Å²) in [5, 5.41) is 0. The fourth-order valence-corrected chi connectivity index (χ4v) is 1.66. The Morgan fingerprint density at radius 2 is 1.72 bits per heavy atom. The highest BCUT2D eigenvalue weighted by Gasteiger charge is 2.15. The Labute approximate surface area is 114 Å². The molecule has 0 saturated heterocycles. The second-order valence-corrected chi connectivity index (χ2v) is 5.76. The summed E-state index contributed by atoms with van der Waals surface area (Å²) in [6.07, 6.45) is 0. The van der Waals surface area contributed by atoms with Gasteiger partial charge in [0.2, 0.25) is 0 Å². The molecule has 6 heteroatoms. The van der Waals surface area contributed by atoms with Crippen LogP contribution in [0.2, 0.25) is 0 Å². The van der Waals surface area contributed by atoms with Crippen molar-refractivity contribution in [2.24, 2.45) is 5.73 Å². The van der Waals surface area contributed by atoms with Crippen LogP contribution >= 0.6 is 11.8 Å². The van der Waals surface area contributed by atoms with Gasteiger partial charge < -0.3 is 19.9 Å². The molecule has 18 heavy (non-hydrogen) atoms. The van der Waals surface area contributed by atoms with Crippen molar-refractivity contribution < 1.29 is 19.0 Å².